The van der Waals surface area contributed by atoms with E-state index >= 15 is 0 Å². The van der Waals surface area contributed by atoms with E-state index in [4.69, 9.17) is 9.47 Å². The van der Waals surface area contributed by atoms with Crippen LogP contribution in [-0.4, -0.2) is 44.5 Å². The van der Waals surface area contributed by atoms with Crippen LogP contribution in [0.2, 0.25) is 0 Å². The van der Waals surface area contributed by atoms with Gasteiger partial charge in [-0.25, -0.2) is 0 Å². The van der Waals surface area contributed by atoms with Crippen LogP contribution in [0.4, 0.5) is 13.2 Å². The van der Waals surface area contributed by atoms with Crippen molar-refractivity contribution in [1.82, 2.24) is 10.2 Å². The molecule has 1 aliphatic rings. The van der Waals surface area contributed by atoms with Crippen LogP contribution < -0.4 is 14.8 Å². The molecule has 0 aliphatic carbocycles. The molecule has 0 radical (unpaired) electrons. The van der Waals surface area contributed by atoms with Crippen LogP contribution in [0.5, 0.6) is 11.5 Å². The standard InChI is InChI=1S/C14H18F3N3O2.HI/c1-18-13(19-6-5-14(15,16)17)20(2)8-10-3-4-11-12(7-10)22-9-21-11;/h3-4,7H,5-6,8-9H2,1-2H3,(H,18,19);1H. The lowest BCUT2D eigenvalue weighted by Crippen LogP contribution is -2.39. The predicted molar refractivity (Wildman–Crippen MR) is 91.5 cm³/mol. The molecule has 0 bridgehead atoms. The molecular weight excluding hydrogens is 426 g/mol. The number of nitrogens with one attached hydrogen (secondary N) is 1. The van der Waals surface area contributed by atoms with Crippen molar-refractivity contribution in [1.29, 1.82) is 0 Å². The van der Waals surface area contributed by atoms with Gasteiger partial charge in [0.15, 0.2) is 17.5 Å². The molecule has 1 aromatic carbocycles. The van der Waals surface area contributed by atoms with Crippen molar-refractivity contribution < 1.29 is 22.6 Å². The van der Waals surface area contributed by atoms with Crippen molar-refractivity contribution in [3.63, 3.8) is 0 Å². The third-order valence-corrected chi connectivity index (χ3v) is 3.12. The largest absolute Gasteiger partial charge is 0.454 e. The minimum absolute atomic E-state index is 0. The van der Waals surface area contributed by atoms with Gasteiger partial charge in [-0.3, -0.25) is 4.99 Å². The van der Waals surface area contributed by atoms with Gasteiger partial charge in [0.25, 0.3) is 0 Å². The molecule has 1 aliphatic heterocycles. The summed E-state index contributed by atoms with van der Waals surface area (Å²) in [6.45, 7) is 0.485. The highest BCUT2D eigenvalue weighted by Crippen LogP contribution is 2.32. The van der Waals surface area contributed by atoms with E-state index in [1.54, 1.807) is 11.9 Å². The lowest BCUT2D eigenvalue weighted by Gasteiger charge is -2.22. The summed E-state index contributed by atoms with van der Waals surface area (Å²) in [7, 11) is 3.29. The Hall–Kier alpha value is -1.39. The molecular formula is C14H19F3IN3O2. The normalized spacial score (nSPS) is 13.5. The molecule has 0 spiro atoms. The molecule has 2 rings (SSSR count). The van der Waals surface area contributed by atoms with Crippen LogP contribution >= 0.6 is 24.0 Å². The summed E-state index contributed by atoms with van der Waals surface area (Å²) in [6.07, 6.45) is -5.08. The fraction of sp³-hybridized carbons (Fsp3) is 0.500. The third kappa shape index (κ3) is 5.96. The molecule has 0 atom stereocenters. The number of rotatable bonds is 4. The van der Waals surface area contributed by atoms with Gasteiger partial charge in [0.2, 0.25) is 6.79 Å². The van der Waals surface area contributed by atoms with Crippen molar-refractivity contribution in [2.45, 2.75) is 19.1 Å². The van der Waals surface area contributed by atoms with Gasteiger partial charge in [0.1, 0.15) is 0 Å². The fourth-order valence-electron chi connectivity index (χ4n) is 2.09. The number of guanidine groups is 1. The number of hydrogen-bond acceptors (Lipinski definition) is 3. The quantitative estimate of drug-likeness (QED) is 0.440. The maximum atomic E-state index is 12.2. The molecule has 9 heteroatoms. The number of nitrogens with zero attached hydrogens (tertiary/aromatic N) is 2. The average Bonchev–Trinajstić information content (AvgIpc) is 2.89. The Bertz CT molecular complexity index is 553. The lowest BCUT2D eigenvalue weighted by atomic mass is 10.2. The van der Waals surface area contributed by atoms with Crippen LogP contribution in [0.25, 0.3) is 0 Å². The number of aliphatic imine (C=N–C) groups is 1. The highest BCUT2D eigenvalue weighted by molar-refractivity contribution is 14.0. The topological polar surface area (TPSA) is 46.1 Å². The maximum absolute atomic E-state index is 12.2. The SMILES string of the molecule is CN=C(NCCC(F)(F)F)N(C)Cc1ccc2c(c1)OCO2.I. The smallest absolute Gasteiger partial charge is 0.390 e. The molecule has 5 nitrogen and oxygen atoms in total. The first-order chi connectivity index (χ1) is 10.4. The van der Waals surface area contributed by atoms with Gasteiger partial charge < -0.3 is 19.7 Å². The molecule has 1 N–H and O–H groups in total. The van der Waals surface area contributed by atoms with Gasteiger partial charge in [0.05, 0.1) is 6.42 Å². The van der Waals surface area contributed by atoms with Gasteiger partial charge in [-0.1, -0.05) is 6.07 Å². The molecule has 0 aromatic heterocycles. The van der Waals surface area contributed by atoms with E-state index in [1.165, 1.54) is 7.05 Å². The molecule has 0 saturated carbocycles. The number of ether oxygens (including phenoxy) is 2. The van der Waals surface area contributed by atoms with Gasteiger partial charge in [-0.05, 0) is 17.7 Å². The van der Waals surface area contributed by atoms with Crippen LogP contribution in [0.15, 0.2) is 23.2 Å². The maximum Gasteiger partial charge on any atom is 0.390 e. The number of benzene rings is 1. The summed E-state index contributed by atoms with van der Waals surface area (Å²) in [5.74, 6) is 1.77. The van der Waals surface area contributed by atoms with E-state index in [9.17, 15) is 13.2 Å². The van der Waals surface area contributed by atoms with Crippen molar-refractivity contribution in [3.05, 3.63) is 23.8 Å². The van der Waals surface area contributed by atoms with Crippen molar-refractivity contribution in [2.24, 2.45) is 4.99 Å². The number of alkyl halides is 3. The summed E-state index contributed by atoms with van der Waals surface area (Å²) < 4.78 is 47.0. The first-order valence-corrected chi connectivity index (χ1v) is 6.76. The lowest BCUT2D eigenvalue weighted by molar-refractivity contribution is -0.132. The molecule has 0 unspecified atom stereocenters. The molecule has 0 saturated heterocycles. The molecule has 23 heavy (non-hydrogen) atoms. The Balaban J connectivity index is 0.00000264. The van der Waals surface area contributed by atoms with Gasteiger partial charge >= 0.3 is 6.18 Å². The molecule has 1 heterocycles. The van der Waals surface area contributed by atoms with Crippen molar-refractivity contribution in [3.8, 4) is 11.5 Å². The zero-order valence-corrected chi connectivity index (χ0v) is 15.1. The summed E-state index contributed by atoms with van der Waals surface area (Å²) in [6, 6.07) is 5.54. The van der Waals surface area contributed by atoms with E-state index in [0.29, 0.717) is 24.0 Å². The monoisotopic (exact) mass is 445 g/mol. The van der Waals surface area contributed by atoms with E-state index in [0.717, 1.165) is 5.56 Å². The van der Waals surface area contributed by atoms with Crippen LogP contribution in [0, 0.1) is 0 Å². The second-order valence-corrected chi connectivity index (χ2v) is 4.88. The van der Waals surface area contributed by atoms with Gasteiger partial charge in [0, 0.05) is 27.2 Å². The minimum Gasteiger partial charge on any atom is -0.454 e. The minimum atomic E-state index is -4.18. The first kappa shape index (κ1) is 19.7. The molecule has 0 amide bonds. The van der Waals surface area contributed by atoms with E-state index in [1.807, 2.05) is 18.2 Å². The highest BCUT2D eigenvalue weighted by Gasteiger charge is 2.26. The molecule has 130 valence electrons. The summed E-state index contributed by atoms with van der Waals surface area (Å²) >= 11 is 0. The van der Waals surface area contributed by atoms with Crippen molar-refractivity contribution >= 4 is 29.9 Å². The number of fused-ring (bicyclic) bond motifs is 1. The second-order valence-electron chi connectivity index (χ2n) is 4.88. The summed E-state index contributed by atoms with van der Waals surface area (Å²) in [4.78, 5) is 5.73. The molecule has 1 aromatic rings. The zero-order chi connectivity index (χ0) is 16.2. The van der Waals surface area contributed by atoms with Crippen LogP contribution in [0.1, 0.15) is 12.0 Å². The number of halogens is 4. The first-order valence-electron chi connectivity index (χ1n) is 6.76. The highest BCUT2D eigenvalue weighted by atomic mass is 127. The Morgan fingerprint density at radius 2 is 2.00 bits per heavy atom. The van der Waals surface area contributed by atoms with Crippen LogP contribution in [-0.2, 0) is 6.54 Å². The fourth-order valence-corrected chi connectivity index (χ4v) is 2.09. The van der Waals surface area contributed by atoms with E-state index in [2.05, 4.69) is 10.3 Å². The Morgan fingerprint density at radius 3 is 2.65 bits per heavy atom. The van der Waals surface area contributed by atoms with Crippen molar-refractivity contribution in [2.75, 3.05) is 27.4 Å². The molecule has 0 fully saturated rings. The summed E-state index contributed by atoms with van der Waals surface area (Å²) in [5, 5.41) is 2.70. The predicted octanol–water partition coefficient (Wildman–Crippen LogP) is 2.99. The number of hydrogen-bond donors (Lipinski definition) is 1. The van der Waals surface area contributed by atoms with Gasteiger partial charge in [-0.15, -0.1) is 24.0 Å². The van der Waals surface area contributed by atoms with Crippen LogP contribution in [0.3, 0.4) is 0 Å². The van der Waals surface area contributed by atoms with E-state index < -0.39 is 12.6 Å². The summed E-state index contributed by atoms with van der Waals surface area (Å²) in [5.41, 5.74) is 0.950. The Morgan fingerprint density at radius 1 is 1.30 bits per heavy atom. The van der Waals surface area contributed by atoms with E-state index in [-0.39, 0.29) is 37.3 Å². The zero-order valence-electron chi connectivity index (χ0n) is 12.8. The third-order valence-electron chi connectivity index (χ3n) is 3.12. The Kier molecular flexibility index (Phi) is 7.23. The van der Waals surface area contributed by atoms with Gasteiger partial charge in [-0.2, -0.15) is 13.2 Å². The average molecular weight is 445 g/mol. The second kappa shape index (κ2) is 8.46. The Labute approximate surface area is 149 Å².